The second-order valence-electron chi connectivity index (χ2n) is 5.30. The van der Waals surface area contributed by atoms with Crippen LogP contribution in [-0.4, -0.2) is 32.1 Å². The predicted octanol–water partition coefficient (Wildman–Crippen LogP) is -0.870. The van der Waals surface area contributed by atoms with Crippen LogP contribution in [0.15, 0.2) is 15.8 Å². The average Bonchev–Trinajstić information content (AvgIpc) is 2.89. The molecule has 3 N–H and O–H groups in total. The van der Waals surface area contributed by atoms with E-state index in [1.54, 1.807) is 0 Å². The SMILES string of the molecule is Cn1c(=O)[nH]cc(CC(=O)NC2(C(=O)O)CCCC2)c1=O. The van der Waals surface area contributed by atoms with Crippen molar-refractivity contribution in [1.29, 1.82) is 0 Å². The predicted molar refractivity (Wildman–Crippen MR) is 73.0 cm³/mol. The lowest BCUT2D eigenvalue weighted by molar-refractivity contribution is -0.147. The number of nitrogens with one attached hydrogen (secondary N) is 2. The first-order valence-electron chi connectivity index (χ1n) is 6.68. The number of carboxylic acids is 1. The molecule has 1 fully saturated rings. The molecule has 0 unspecified atom stereocenters. The Labute approximate surface area is 119 Å². The summed E-state index contributed by atoms with van der Waals surface area (Å²) in [5.74, 6) is -1.59. The van der Waals surface area contributed by atoms with Crippen molar-refractivity contribution in [2.24, 2.45) is 7.05 Å². The van der Waals surface area contributed by atoms with Crippen LogP contribution in [0, 0.1) is 0 Å². The maximum atomic E-state index is 12.0. The molecule has 0 spiro atoms. The van der Waals surface area contributed by atoms with Gasteiger partial charge in [-0.05, 0) is 12.8 Å². The fourth-order valence-electron chi connectivity index (χ4n) is 2.60. The Morgan fingerprint density at radius 2 is 2.00 bits per heavy atom. The fourth-order valence-corrected chi connectivity index (χ4v) is 2.60. The van der Waals surface area contributed by atoms with Gasteiger partial charge in [-0.25, -0.2) is 9.59 Å². The van der Waals surface area contributed by atoms with Gasteiger partial charge in [0.05, 0.1) is 6.42 Å². The lowest BCUT2D eigenvalue weighted by atomic mass is 9.97. The van der Waals surface area contributed by atoms with Crippen molar-refractivity contribution in [3.63, 3.8) is 0 Å². The Bertz CT molecular complexity index is 682. The van der Waals surface area contributed by atoms with E-state index in [1.807, 2.05) is 0 Å². The highest BCUT2D eigenvalue weighted by Crippen LogP contribution is 2.29. The summed E-state index contributed by atoms with van der Waals surface area (Å²) in [5.41, 5.74) is -2.25. The second kappa shape index (κ2) is 5.55. The molecule has 1 saturated carbocycles. The zero-order valence-corrected chi connectivity index (χ0v) is 11.6. The van der Waals surface area contributed by atoms with Gasteiger partial charge in [-0.15, -0.1) is 0 Å². The third-order valence-electron chi connectivity index (χ3n) is 3.85. The molecule has 2 rings (SSSR count). The molecular weight excluding hydrogens is 278 g/mol. The minimum absolute atomic E-state index is 0.119. The molecule has 1 aromatic heterocycles. The molecule has 0 bridgehead atoms. The minimum Gasteiger partial charge on any atom is -0.480 e. The van der Waals surface area contributed by atoms with Gasteiger partial charge in [0.25, 0.3) is 5.56 Å². The first-order valence-corrected chi connectivity index (χ1v) is 6.68. The lowest BCUT2D eigenvalue weighted by Gasteiger charge is -2.25. The van der Waals surface area contributed by atoms with Gasteiger partial charge in [0.1, 0.15) is 5.54 Å². The zero-order chi connectivity index (χ0) is 15.6. The van der Waals surface area contributed by atoms with Crippen LogP contribution in [0.3, 0.4) is 0 Å². The van der Waals surface area contributed by atoms with Gasteiger partial charge in [-0.1, -0.05) is 12.8 Å². The molecule has 1 aliphatic carbocycles. The molecule has 1 aliphatic rings. The first kappa shape index (κ1) is 15.0. The highest BCUT2D eigenvalue weighted by atomic mass is 16.4. The fraction of sp³-hybridized carbons (Fsp3) is 0.538. The van der Waals surface area contributed by atoms with Gasteiger partial charge in [-0.3, -0.25) is 14.2 Å². The third kappa shape index (κ3) is 2.88. The van der Waals surface area contributed by atoms with E-state index >= 15 is 0 Å². The Morgan fingerprint density at radius 3 is 2.57 bits per heavy atom. The van der Waals surface area contributed by atoms with Gasteiger partial charge in [0.2, 0.25) is 5.91 Å². The Kier molecular flexibility index (Phi) is 3.97. The number of amides is 1. The number of H-pyrrole nitrogens is 1. The maximum Gasteiger partial charge on any atom is 0.329 e. The van der Waals surface area contributed by atoms with Crippen LogP contribution < -0.4 is 16.6 Å². The van der Waals surface area contributed by atoms with Gasteiger partial charge in [-0.2, -0.15) is 0 Å². The molecule has 114 valence electrons. The molecule has 1 amide bonds. The molecule has 8 heteroatoms. The van der Waals surface area contributed by atoms with Crippen LogP contribution in [-0.2, 0) is 23.1 Å². The van der Waals surface area contributed by atoms with Crippen LogP contribution in [0.4, 0.5) is 0 Å². The molecule has 0 saturated heterocycles. The molecule has 0 atom stereocenters. The molecule has 8 nitrogen and oxygen atoms in total. The highest BCUT2D eigenvalue weighted by molar-refractivity contribution is 5.88. The summed E-state index contributed by atoms with van der Waals surface area (Å²) in [6.07, 6.45) is 3.18. The van der Waals surface area contributed by atoms with Crippen molar-refractivity contribution in [1.82, 2.24) is 14.9 Å². The Morgan fingerprint density at radius 1 is 1.38 bits per heavy atom. The second-order valence-corrected chi connectivity index (χ2v) is 5.30. The summed E-state index contributed by atoms with van der Waals surface area (Å²) in [4.78, 5) is 48.8. The molecule has 0 aliphatic heterocycles. The summed E-state index contributed by atoms with van der Waals surface area (Å²) in [6, 6.07) is 0. The van der Waals surface area contributed by atoms with Crippen molar-refractivity contribution in [2.45, 2.75) is 37.6 Å². The third-order valence-corrected chi connectivity index (χ3v) is 3.85. The van der Waals surface area contributed by atoms with Crippen LogP contribution in [0.25, 0.3) is 0 Å². The van der Waals surface area contributed by atoms with E-state index in [9.17, 15) is 24.3 Å². The Balaban J connectivity index is 2.16. The van der Waals surface area contributed by atoms with Crippen LogP contribution in [0.5, 0.6) is 0 Å². The normalized spacial score (nSPS) is 16.6. The number of nitrogens with zero attached hydrogens (tertiary/aromatic N) is 1. The molecule has 21 heavy (non-hydrogen) atoms. The van der Waals surface area contributed by atoms with E-state index in [0.717, 1.165) is 17.4 Å². The molecule has 0 radical (unpaired) electrons. The van der Waals surface area contributed by atoms with Gasteiger partial charge in [0, 0.05) is 18.8 Å². The van der Waals surface area contributed by atoms with Crippen LogP contribution >= 0.6 is 0 Å². The molecular formula is C13H17N3O5. The van der Waals surface area contributed by atoms with Crippen molar-refractivity contribution >= 4 is 11.9 Å². The number of aromatic amines is 1. The first-order chi connectivity index (χ1) is 9.85. The van der Waals surface area contributed by atoms with E-state index in [2.05, 4.69) is 10.3 Å². The summed E-state index contributed by atoms with van der Waals surface area (Å²) in [6.45, 7) is 0. The van der Waals surface area contributed by atoms with E-state index in [-0.39, 0.29) is 12.0 Å². The number of rotatable bonds is 4. The van der Waals surface area contributed by atoms with Crippen LogP contribution in [0.1, 0.15) is 31.2 Å². The Hall–Kier alpha value is -2.38. The number of hydrogen-bond acceptors (Lipinski definition) is 4. The topological polar surface area (TPSA) is 121 Å². The average molecular weight is 295 g/mol. The number of hydrogen-bond donors (Lipinski definition) is 3. The van der Waals surface area contributed by atoms with Crippen molar-refractivity contribution in [3.05, 3.63) is 32.6 Å². The van der Waals surface area contributed by atoms with Crippen molar-refractivity contribution < 1.29 is 14.7 Å². The van der Waals surface area contributed by atoms with Gasteiger partial charge >= 0.3 is 11.7 Å². The standard InChI is InChI=1S/C13H17N3O5/c1-16-10(18)8(7-14-12(16)21)6-9(17)15-13(11(19)20)4-2-3-5-13/h7H,2-6H2,1H3,(H,14,21)(H,15,17)(H,19,20). The van der Waals surface area contributed by atoms with E-state index in [4.69, 9.17) is 0 Å². The zero-order valence-electron chi connectivity index (χ0n) is 11.6. The van der Waals surface area contributed by atoms with E-state index in [1.165, 1.54) is 13.2 Å². The van der Waals surface area contributed by atoms with Crippen molar-refractivity contribution in [2.75, 3.05) is 0 Å². The van der Waals surface area contributed by atoms with Crippen molar-refractivity contribution in [3.8, 4) is 0 Å². The summed E-state index contributed by atoms with van der Waals surface area (Å²) < 4.78 is 0.866. The van der Waals surface area contributed by atoms with Gasteiger partial charge < -0.3 is 15.4 Å². The van der Waals surface area contributed by atoms with E-state index < -0.39 is 28.7 Å². The van der Waals surface area contributed by atoms with Crippen LogP contribution in [0.2, 0.25) is 0 Å². The number of aliphatic carboxylic acids is 1. The molecule has 1 heterocycles. The summed E-state index contributed by atoms with van der Waals surface area (Å²) >= 11 is 0. The molecule has 1 aromatic rings. The largest absolute Gasteiger partial charge is 0.480 e. The quantitative estimate of drug-likeness (QED) is 0.666. The monoisotopic (exact) mass is 295 g/mol. The van der Waals surface area contributed by atoms with E-state index in [0.29, 0.717) is 12.8 Å². The lowest BCUT2D eigenvalue weighted by Crippen LogP contribution is -2.53. The van der Waals surface area contributed by atoms with Gasteiger partial charge in [0.15, 0.2) is 0 Å². The number of carboxylic acid groups (broad SMARTS) is 1. The minimum atomic E-state index is -1.23. The summed E-state index contributed by atoms with van der Waals surface area (Å²) in [5, 5.41) is 11.8. The number of carbonyl (C=O) groups is 2. The summed E-state index contributed by atoms with van der Waals surface area (Å²) in [7, 11) is 1.30. The number of carbonyl (C=O) groups excluding carboxylic acids is 1. The smallest absolute Gasteiger partial charge is 0.329 e. The highest BCUT2D eigenvalue weighted by Gasteiger charge is 2.42. The number of aromatic nitrogens is 2. The maximum absolute atomic E-state index is 12.0. The molecule has 0 aromatic carbocycles.